The molecule has 2 heterocycles. The zero-order chi connectivity index (χ0) is 15.5. The van der Waals surface area contributed by atoms with Crippen molar-refractivity contribution in [2.24, 2.45) is 0 Å². The maximum Gasteiger partial charge on any atom is 0.229 e. The van der Waals surface area contributed by atoms with Crippen LogP contribution in [0.3, 0.4) is 0 Å². The van der Waals surface area contributed by atoms with E-state index in [9.17, 15) is 4.39 Å². The van der Waals surface area contributed by atoms with Gasteiger partial charge in [-0.1, -0.05) is 0 Å². The van der Waals surface area contributed by atoms with Crippen LogP contribution in [0.2, 0.25) is 0 Å². The average Bonchev–Trinajstić information content (AvgIpc) is 2.89. The van der Waals surface area contributed by atoms with Gasteiger partial charge in [-0.15, -0.1) is 0 Å². The lowest BCUT2D eigenvalue weighted by molar-refractivity contribution is 0.230. The van der Waals surface area contributed by atoms with Crippen LogP contribution in [0.4, 0.5) is 4.39 Å². The third kappa shape index (κ3) is 3.13. The van der Waals surface area contributed by atoms with E-state index in [0.29, 0.717) is 17.2 Å². The van der Waals surface area contributed by atoms with E-state index in [4.69, 9.17) is 9.15 Å². The van der Waals surface area contributed by atoms with E-state index >= 15 is 0 Å². The SMILES string of the molecule is COc1ccc(F)c(-c2nc(CN3CCNCC3)c(C)o2)c1. The van der Waals surface area contributed by atoms with Crippen LogP contribution in [0.25, 0.3) is 11.5 Å². The Hall–Kier alpha value is -1.92. The fourth-order valence-corrected chi connectivity index (χ4v) is 2.57. The highest BCUT2D eigenvalue weighted by Gasteiger charge is 2.18. The smallest absolute Gasteiger partial charge is 0.229 e. The molecule has 1 aliphatic rings. The summed E-state index contributed by atoms with van der Waals surface area (Å²) in [6, 6.07) is 4.55. The standard InChI is InChI=1S/C16H20FN3O2/c1-11-15(10-20-7-5-18-6-8-20)19-16(22-11)13-9-12(21-2)3-4-14(13)17/h3-4,9,18H,5-8,10H2,1-2H3. The number of nitrogens with zero attached hydrogens (tertiary/aromatic N) is 2. The van der Waals surface area contributed by atoms with Gasteiger partial charge in [0.2, 0.25) is 5.89 Å². The molecule has 0 aliphatic carbocycles. The molecule has 6 heteroatoms. The van der Waals surface area contributed by atoms with Crippen LogP contribution in [-0.4, -0.2) is 43.2 Å². The molecule has 1 fully saturated rings. The molecule has 0 amide bonds. The van der Waals surface area contributed by atoms with Gasteiger partial charge < -0.3 is 14.5 Å². The lowest BCUT2D eigenvalue weighted by Gasteiger charge is -2.26. The van der Waals surface area contributed by atoms with E-state index in [-0.39, 0.29) is 5.82 Å². The lowest BCUT2D eigenvalue weighted by Crippen LogP contribution is -2.43. The first-order valence-electron chi connectivity index (χ1n) is 7.40. The molecule has 3 rings (SSSR count). The highest BCUT2D eigenvalue weighted by molar-refractivity contribution is 5.57. The summed E-state index contributed by atoms with van der Waals surface area (Å²) in [5.41, 5.74) is 1.19. The number of rotatable bonds is 4. The van der Waals surface area contributed by atoms with Crippen molar-refractivity contribution in [1.82, 2.24) is 15.2 Å². The number of piperazine rings is 1. The van der Waals surface area contributed by atoms with Crippen LogP contribution in [-0.2, 0) is 6.54 Å². The molecule has 0 atom stereocenters. The van der Waals surface area contributed by atoms with Crippen LogP contribution >= 0.6 is 0 Å². The van der Waals surface area contributed by atoms with Crippen molar-refractivity contribution in [1.29, 1.82) is 0 Å². The Morgan fingerprint density at radius 3 is 2.86 bits per heavy atom. The number of aromatic nitrogens is 1. The van der Waals surface area contributed by atoms with Crippen LogP contribution in [0, 0.1) is 12.7 Å². The summed E-state index contributed by atoms with van der Waals surface area (Å²) in [6.45, 7) is 6.52. The summed E-state index contributed by atoms with van der Waals surface area (Å²) >= 11 is 0. The zero-order valence-corrected chi connectivity index (χ0v) is 12.9. The third-order valence-corrected chi connectivity index (χ3v) is 3.88. The second-order valence-corrected chi connectivity index (χ2v) is 5.39. The number of ether oxygens (including phenoxy) is 1. The largest absolute Gasteiger partial charge is 0.497 e. The van der Waals surface area contributed by atoms with Crippen LogP contribution < -0.4 is 10.1 Å². The van der Waals surface area contributed by atoms with Crippen LogP contribution in [0.15, 0.2) is 22.6 Å². The Morgan fingerprint density at radius 2 is 2.14 bits per heavy atom. The van der Waals surface area contributed by atoms with Gasteiger partial charge in [0, 0.05) is 32.7 Å². The topological polar surface area (TPSA) is 50.5 Å². The van der Waals surface area contributed by atoms with Gasteiger partial charge >= 0.3 is 0 Å². The Labute approximate surface area is 129 Å². The molecule has 22 heavy (non-hydrogen) atoms. The summed E-state index contributed by atoms with van der Waals surface area (Å²) in [5, 5.41) is 3.32. The van der Waals surface area contributed by atoms with Crippen molar-refractivity contribution in [3.63, 3.8) is 0 Å². The molecule has 1 aromatic heterocycles. The highest BCUT2D eigenvalue weighted by Crippen LogP contribution is 2.28. The average molecular weight is 305 g/mol. The van der Waals surface area contributed by atoms with Gasteiger partial charge in [-0.3, -0.25) is 4.90 Å². The van der Waals surface area contributed by atoms with E-state index in [1.54, 1.807) is 19.2 Å². The molecule has 118 valence electrons. The Morgan fingerprint density at radius 1 is 1.36 bits per heavy atom. The zero-order valence-electron chi connectivity index (χ0n) is 12.9. The molecular weight excluding hydrogens is 285 g/mol. The van der Waals surface area contributed by atoms with Crippen molar-refractivity contribution in [2.75, 3.05) is 33.3 Å². The second-order valence-electron chi connectivity index (χ2n) is 5.39. The van der Waals surface area contributed by atoms with Gasteiger partial charge in [0.15, 0.2) is 0 Å². The molecule has 5 nitrogen and oxygen atoms in total. The fourth-order valence-electron chi connectivity index (χ4n) is 2.57. The first-order chi connectivity index (χ1) is 10.7. The first kappa shape index (κ1) is 15.0. The molecule has 1 aliphatic heterocycles. The van der Waals surface area contributed by atoms with E-state index < -0.39 is 0 Å². The third-order valence-electron chi connectivity index (χ3n) is 3.88. The van der Waals surface area contributed by atoms with Crippen molar-refractivity contribution in [2.45, 2.75) is 13.5 Å². The Balaban J connectivity index is 1.85. The molecular formula is C16H20FN3O2. The molecule has 0 unspecified atom stereocenters. The maximum atomic E-state index is 14.0. The van der Waals surface area contributed by atoms with Crippen LogP contribution in [0.5, 0.6) is 5.75 Å². The number of methoxy groups -OCH3 is 1. The molecule has 1 aromatic carbocycles. The predicted octanol–water partition coefficient (Wildman–Crippen LogP) is 2.20. The fraction of sp³-hybridized carbons (Fsp3) is 0.438. The molecule has 0 radical (unpaired) electrons. The summed E-state index contributed by atoms with van der Waals surface area (Å²) in [5.74, 6) is 1.25. The summed E-state index contributed by atoms with van der Waals surface area (Å²) in [4.78, 5) is 6.80. The first-order valence-corrected chi connectivity index (χ1v) is 7.40. The summed E-state index contributed by atoms with van der Waals surface area (Å²) < 4.78 is 24.8. The van der Waals surface area contributed by atoms with Gasteiger partial charge in [0.05, 0.1) is 18.4 Å². The normalized spacial score (nSPS) is 16.0. The maximum absolute atomic E-state index is 14.0. The minimum atomic E-state index is -0.365. The number of aryl methyl sites for hydroxylation is 1. The second kappa shape index (κ2) is 6.46. The van der Waals surface area contributed by atoms with Gasteiger partial charge in [-0.05, 0) is 25.1 Å². The van der Waals surface area contributed by atoms with E-state index in [1.807, 2.05) is 6.92 Å². The van der Waals surface area contributed by atoms with Crippen molar-refractivity contribution >= 4 is 0 Å². The minimum absolute atomic E-state index is 0.305. The number of nitrogens with one attached hydrogen (secondary N) is 1. The quantitative estimate of drug-likeness (QED) is 0.938. The van der Waals surface area contributed by atoms with Gasteiger partial charge in [0.25, 0.3) is 0 Å². The molecule has 1 saturated heterocycles. The Bertz CT molecular complexity index is 651. The van der Waals surface area contributed by atoms with Crippen molar-refractivity contribution in [3.8, 4) is 17.2 Å². The summed E-state index contributed by atoms with van der Waals surface area (Å²) in [7, 11) is 1.55. The minimum Gasteiger partial charge on any atom is -0.497 e. The molecule has 0 bridgehead atoms. The van der Waals surface area contributed by atoms with Crippen molar-refractivity contribution < 1.29 is 13.5 Å². The highest BCUT2D eigenvalue weighted by atomic mass is 19.1. The number of halogens is 1. The predicted molar refractivity (Wildman–Crippen MR) is 81.3 cm³/mol. The van der Waals surface area contributed by atoms with Crippen molar-refractivity contribution in [3.05, 3.63) is 35.5 Å². The number of hydrogen-bond acceptors (Lipinski definition) is 5. The van der Waals surface area contributed by atoms with Gasteiger partial charge in [-0.2, -0.15) is 0 Å². The van der Waals surface area contributed by atoms with Gasteiger partial charge in [-0.25, -0.2) is 9.37 Å². The molecule has 0 spiro atoms. The van der Waals surface area contributed by atoms with E-state index in [2.05, 4.69) is 15.2 Å². The number of hydrogen-bond donors (Lipinski definition) is 1. The number of benzene rings is 1. The van der Waals surface area contributed by atoms with E-state index in [0.717, 1.165) is 44.2 Å². The van der Waals surface area contributed by atoms with E-state index in [1.165, 1.54) is 6.07 Å². The number of oxazole rings is 1. The van der Waals surface area contributed by atoms with Gasteiger partial charge in [0.1, 0.15) is 17.3 Å². The molecule has 0 saturated carbocycles. The summed E-state index contributed by atoms with van der Waals surface area (Å²) in [6.07, 6.45) is 0. The molecule has 1 N–H and O–H groups in total. The monoisotopic (exact) mass is 305 g/mol. The molecule has 2 aromatic rings. The Kier molecular flexibility index (Phi) is 4.40. The van der Waals surface area contributed by atoms with Crippen LogP contribution in [0.1, 0.15) is 11.5 Å². The lowest BCUT2D eigenvalue weighted by atomic mass is 10.2.